The molecule has 0 spiro atoms. The Hall–Kier alpha value is -2.77. The van der Waals surface area contributed by atoms with Crippen LogP contribution in [0.5, 0.6) is 5.75 Å². The predicted octanol–water partition coefficient (Wildman–Crippen LogP) is 4.75. The molecule has 166 valence electrons. The first-order chi connectivity index (χ1) is 15.6. The average molecular weight is 448 g/mol. The van der Waals surface area contributed by atoms with Crippen molar-refractivity contribution in [3.05, 3.63) is 53.6 Å². The molecule has 0 amide bonds. The lowest BCUT2D eigenvalue weighted by atomic mass is 9.89. The number of hydrogen-bond donors (Lipinski definition) is 1. The Morgan fingerprint density at radius 1 is 1.12 bits per heavy atom. The maximum atomic E-state index is 6.30. The van der Waals surface area contributed by atoms with Crippen molar-refractivity contribution in [3.8, 4) is 5.75 Å². The van der Waals surface area contributed by atoms with Crippen molar-refractivity contribution >= 4 is 39.5 Å². The minimum Gasteiger partial charge on any atom is -0.496 e. The van der Waals surface area contributed by atoms with Crippen molar-refractivity contribution in [2.24, 2.45) is 0 Å². The summed E-state index contributed by atoms with van der Waals surface area (Å²) in [7, 11) is 3.96. The van der Waals surface area contributed by atoms with E-state index in [4.69, 9.17) is 15.5 Å². The molecular weight excluding hydrogens is 418 g/mol. The number of thioether (sulfide) groups is 1. The van der Waals surface area contributed by atoms with Gasteiger partial charge in [-0.2, -0.15) is 0 Å². The lowest BCUT2D eigenvalue weighted by Crippen LogP contribution is -2.29. The van der Waals surface area contributed by atoms with Gasteiger partial charge in [-0.05, 0) is 62.8 Å². The number of fused-ring (bicyclic) bond motifs is 3. The van der Waals surface area contributed by atoms with Crippen LogP contribution in [0.3, 0.4) is 0 Å². The molecule has 2 aromatic heterocycles. The summed E-state index contributed by atoms with van der Waals surface area (Å²) in [5.41, 5.74) is 11.5. The van der Waals surface area contributed by atoms with Crippen molar-refractivity contribution < 1.29 is 4.74 Å². The van der Waals surface area contributed by atoms with Crippen LogP contribution in [-0.2, 0) is 6.54 Å². The van der Waals surface area contributed by atoms with Crippen LogP contribution in [0.1, 0.15) is 29.9 Å². The standard InChI is InChI=1S/C25H29N5OS/c1-29-12-10-16(11-13-29)17-8-9-18(21(14-17)31-2)15-30-23-19-6-4-5-7-20(19)27-24(26)22(23)28-25(30)32-3/h4-9,14,16H,10-13,15H2,1-3H3,(H2,26,27). The van der Waals surface area contributed by atoms with Crippen LogP contribution in [0, 0.1) is 0 Å². The molecule has 2 N–H and O–H groups in total. The number of likely N-dealkylation sites (tertiary alicyclic amines) is 1. The molecule has 4 aromatic rings. The monoisotopic (exact) mass is 447 g/mol. The van der Waals surface area contributed by atoms with Crippen molar-refractivity contribution in [1.29, 1.82) is 0 Å². The third-order valence-corrected chi connectivity index (χ3v) is 7.26. The zero-order chi connectivity index (χ0) is 22.2. The van der Waals surface area contributed by atoms with E-state index in [1.54, 1.807) is 18.9 Å². The van der Waals surface area contributed by atoms with Gasteiger partial charge in [0.2, 0.25) is 0 Å². The van der Waals surface area contributed by atoms with Gasteiger partial charge in [0.15, 0.2) is 11.0 Å². The number of nitrogen functional groups attached to an aromatic ring is 1. The highest BCUT2D eigenvalue weighted by molar-refractivity contribution is 7.98. The minimum absolute atomic E-state index is 0.470. The molecular formula is C25H29N5OS. The molecule has 7 heteroatoms. The number of nitrogens with two attached hydrogens (primary N) is 1. The van der Waals surface area contributed by atoms with Crippen molar-refractivity contribution in [2.75, 3.05) is 39.2 Å². The Morgan fingerprint density at radius 3 is 2.66 bits per heavy atom. The Balaban J connectivity index is 1.58. The predicted molar refractivity (Wildman–Crippen MR) is 133 cm³/mol. The molecule has 6 nitrogen and oxygen atoms in total. The number of benzene rings is 2. The molecule has 1 aliphatic heterocycles. The third-order valence-electron chi connectivity index (χ3n) is 6.59. The van der Waals surface area contributed by atoms with Crippen LogP contribution in [0.4, 0.5) is 5.82 Å². The van der Waals surface area contributed by atoms with E-state index in [1.807, 2.05) is 24.5 Å². The Kier molecular flexibility index (Phi) is 5.69. The van der Waals surface area contributed by atoms with E-state index in [-0.39, 0.29) is 0 Å². The number of nitrogens with zero attached hydrogens (tertiary/aromatic N) is 4. The number of ether oxygens (including phenoxy) is 1. The van der Waals surface area contributed by atoms with Gasteiger partial charge in [-0.1, -0.05) is 42.1 Å². The number of anilines is 1. The molecule has 5 rings (SSSR count). The lowest BCUT2D eigenvalue weighted by Gasteiger charge is -2.29. The van der Waals surface area contributed by atoms with E-state index in [1.165, 1.54) is 18.4 Å². The SMILES string of the molecule is COc1cc(C2CCN(C)CC2)ccc1Cn1c(SC)nc2c(N)nc3ccccc3c21. The summed E-state index contributed by atoms with van der Waals surface area (Å²) < 4.78 is 8.10. The quantitative estimate of drug-likeness (QED) is 0.445. The molecule has 0 bridgehead atoms. The normalized spacial score (nSPS) is 15.6. The zero-order valence-corrected chi connectivity index (χ0v) is 19.7. The van der Waals surface area contributed by atoms with Gasteiger partial charge in [0, 0.05) is 10.9 Å². The molecule has 0 unspecified atom stereocenters. The highest BCUT2D eigenvalue weighted by Gasteiger charge is 2.21. The molecule has 1 aliphatic rings. The van der Waals surface area contributed by atoms with Gasteiger partial charge >= 0.3 is 0 Å². The zero-order valence-electron chi connectivity index (χ0n) is 18.8. The number of aromatic nitrogens is 3. The Bertz CT molecular complexity index is 1280. The summed E-state index contributed by atoms with van der Waals surface area (Å²) >= 11 is 1.62. The van der Waals surface area contributed by atoms with Gasteiger partial charge in [-0.25, -0.2) is 9.97 Å². The van der Waals surface area contributed by atoms with Gasteiger partial charge in [0.05, 0.1) is 24.7 Å². The first-order valence-electron chi connectivity index (χ1n) is 11.0. The van der Waals surface area contributed by atoms with E-state index in [0.29, 0.717) is 18.3 Å². The molecule has 3 heterocycles. The maximum absolute atomic E-state index is 6.30. The summed E-state index contributed by atoms with van der Waals surface area (Å²) in [6.07, 6.45) is 4.43. The summed E-state index contributed by atoms with van der Waals surface area (Å²) in [5.74, 6) is 2.00. The summed E-state index contributed by atoms with van der Waals surface area (Å²) in [4.78, 5) is 11.8. The number of imidazole rings is 1. The van der Waals surface area contributed by atoms with Gasteiger partial charge < -0.3 is 19.9 Å². The van der Waals surface area contributed by atoms with Crippen molar-refractivity contribution in [2.45, 2.75) is 30.5 Å². The van der Waals surface area contributed by atoms with Gasteiger partial charge in [-0.15, -0.1) is 0 Å². The van der Waals surface area contributed by atoms with Gasteiger partial charge in [-0.3, -0.25) is 0 Å². The largest absolute Gasteiger partial charge is 0.496 e. The fourth-order valence-corrected chi connectivity index (χ4v) is 5.36. The van der Waals surface area contributed by atoms with Crippen molar-refractivity contribution in [1.82, 2.24) is 19.4 Å². The second kappa shape index (κ2) is 8.64. The topological polar surface area (TPSA) is 69.2 Å². The van der Waals surface area contributed by atoms with Crippen LogP contribution < -0.4 is 10.5 Å². The van der Waals surface area contributed by atoms with Crippen LogP contribution >= 0.6 is 11.8 Å². The summed E-state index contributed by atoms with van der Waals surface area (Å²) in [6.45, 7) is 2.96. The van der Waals surface area contributed by atoms with Crippen molar-refractivity contribution in [3.63, 3.8) is 0 Å². The molecule has 0 aliphatic carbocycles. The number of rotatable bonds is 5. The number of hydrogen-bond acceptors (Lipinski definition) is 6. The molecule has 0 atom stereocenters. The number of piperidine rings is 1. The van der Waals surface area contributed by atoms with Crippen LogP contribution in [0.25, 0.3) is 21.9 Å². The molecule has 32 heavy (non-hydrogen) atoms. The molecule has 0 radical (unpaired) electrons. The summed E-state index contributed by atoms with van der Waals surface area (Å²) in [6, 6.07) is 14.8. The van der Waals surface area contributed by atoms with Crippen LogP contribution in [0.15, 0.2) is 47.6 Å². The average Bonchev–Trinajstić information content (AvgIpc) is 3.19. The van der Waals surface area contributed by atoms with Crippen LogP contribution in [0.2, 0.25) is 0 Å². The molecule has 0 saturated carbocycles. The molecule has 1 fully saturated rings. The first kappa shape index (κ1) is 21.1. The van der Waals surface area contributed by atoms with Gasteiger partial charge in [0.25, 0.3) is 0 Å². The van der Waals surface area contributed by atoms with Gasteiger partial charge in [0.1, 0.15) is 11.3 Å². The fourth-order valence-electron chi connectivity index (χ4n) is 4.80. The van der Waals surface area contributed by atoms with E-state index >= 15 is 0 Å². The first-order valence-corrected chi connectivity index (χ1v) is 12.2. The summed E-state index contributed by atoms with van der Waals surface area (Å²) in [5, 5.41) is 1.98. The highest BCUT2D eigenvalue weighted by Crippen LogP contribution is 2.35. The van der Waals surface area contributed by atoms with E-state index in [9.17, 15) is 0 Å². The van der Waals surface area contributed by atoms with E-state index in [2.05, 4.69) is 45.8 Å². The maximum Gasteiger partial charge on any atom is 0.169 e. The van der Waals surface area contributed by atoms with E-state index in [0.717, 1.165) is 51.5 Å². The highest BCUT2D eigenvalue weighted by atomic mass is 32.2. The molecule has 1 saturated heterocycles. The number of pyridine rings is 1. The number of para-hydroxylation sites is 1. The minimum atomic E-state index is 0.470. The van der Waals surface area contributed by atoms with Crippen LogP contribution in [-0.4, -0.2) is 52.9 Å². The smallest absolute Gasteiger partial charge is 0.169 e. The second-order valence-corrected chi connectivity index (χ2v) is 9.32. The fraction of sp³-hybridized carbons (Fsp3) is 0.360. The Morgan fingerprint density at radius 2 is 1.91 bits per heavy atom. The number of methoxy groups -OCH3 is 1. The second-order valence-electron chi connectivity index (χ2n) is 8.54. The Labute approximate surface area is 192 Å². The molecule has 2 aromatic carbocycles. The lowest BCUT2D eigenvalue weighted by molar-refractivity contribution is 0.255. The third kappa shape index (κ3) is 3.69. The van der Waals surface area contributed by atoms with E-state index < -0.39 is 0 Å².